The van der Waals surface area contributed by atoms with E-state index < -0.39 is 15.3 Å². The van der Waals surface area contributed by atoms with Crippen LogP contribution in [0.15, 0.2) is 54.6 Å². The van der Waals surface area contributed by atoms with Gasteiger partial charge in [-0.2, -0.15) is 0 Å². The third-order valence-electron chi connectivity index (χ3n) is 3.78. The average molecular weight is 303 g/mol. The van der Waals surface area contributed by atoms with Crippen molar-refractivity contribution in [1.82, 2.24) is 0 Å². The number of hydrogen-bond acceptors (Lipinski definition) is 3. The van der Waals surface area contributed by atoms with Gasteiger partial charge in [0.15, 0.2) is 0 Å². The molecular formula is C16H17NO3S. The number of hydrogen-bond donors (Lipinski definition) is 1. The summed E-state index contributed by atoms with van der Waals surface area (Å²) in [7, 11) is -3.52. The fourth-order valence-corrected chi connectivity index (χ4v) is 4.72. The second kappa shape index (κ2) is 5.50. The van der Waals surface area contributed by atoms with Crippen LogP contribution in [0.5, 0.6) is 0 Å². The van der Waals surface area contributed by atoms with Crippen LogP contribution in [0.3, 0.4) is 0 Å². The van der Waals surface area contributed by atoms with Crippen LogP contribution in [0.2, 0.25) is 0 Å². The van der Waals surface area contributed by atoms with E-state index in [9.17, 15) is 13.5 Å². The van der Waals surface area contributed by atoms with Gasteiger partial charge in [-0.05, 0) is 36.6 Å². The summed E-state index contributed by atoms with van der Waals surface area (Å²) in [5.74, 6) is 0. The molecule has 1 atom stereocenters. The first kappa shape index (κ1) is 14.1. The van der Waals surface area contributed by atoms with Gasteiger partial charge in [-0.25, -0.2) is 12.7 Å². The zero-order chi connectivity index (χ0) is 14.9. The number of nitrogens with zero attached hydrogens (tertiary/aromatic N) is 1. The highest BCUT2D eigenvalue weighted by molar-refractivity contribution is 7.93. The highest BCUT2D eigenvalue weighted by Gasteiger charge is 2.38. The Morgan fingerprint density at radius 3 is 2.43 bits per heavy atom. The molecule has 1 aliphatic rings. The van der Waals surface area contributed by atoms with Gasteiger partial charge in [-0.15, -0.1) is 0 Å². The van der Waals surface area contributed by atoms with E-state index in [-0.39, 0.29) is 13.0 Å². The first-order chi connectivity index (χ1) is 10.1. The minimum absolute atomic E-state index is 0.130. The lowest BCUT2D eigenvalue weighted by molar-refractivity contribution is 0.284. The number of aliphatic hydroxyl groups excluding tert-OH is 1. The van der Waals surface area contributed by atoms with Crippen LogP contribution in [0.25, 0.3) is 0 Å². The van der Waals surface area contributed by atoms with Gasteiger partial charge in [0, 0.05) is 6.61 Å². The molecule has 0 fully saturated rings. The van der Waals surface area contributed by atoms with E-state index in [1.165, 1.54) is 4.31 Å². The van der Waals surface area contributed by atoms with Gasteiger partial charge in [0.1, 0.15) is 0 Å². The third kappa shape index (κ3) is 2.43. The molecule has 1 aliphatic heterocycles. The van der Waals surface area contributed by atoms with Crippen molar-refractivity contribution >= 4 is 21.4 Å². The number of aliphatic hydroxyl groups is 1. The predicted octanol–water partition coefficient (Wildman–Crippen LogP) is 2.46. The average Bonchev–Trinajstić information content (AvgIpc) is 2.49. The molecule has 0 amide bonds. The van der Waals surface area contributed by atoms with Crippen LogP contribution >= 0.6 is 0 Å². The molecule has 4 nitrogen and oxygen atoms in total. The van der Waals surface area contributed by atoms with Gasteiger partial charge in [-0.3, -0.25) is 0 Å². The van der Waals surface area contributed by atoms with Crippen molar-refractivity contribution in [3.05, 3.63) is 60.2 Å². The molecule has 0 saturated carbocycles. The first-order valence-electron chi connectivity index (χ1n) is 6.92. The van der Waals surface area contributed by atoms with Crippen molar-refractivity contribution in [2.75, 3.05) is 10.9 Å². The molecule has 2 aromatic carbocycles. The van der Waals surface area contributed by atoms with Gasteiger partial charge in [-0.1, -0.05) is 36.4 Å². The molecular weight excluding hydrogens is 286 g/mol. The van der Waals surface area contributed by atoms with E-state index >= 15 is 0 Å². The molecule has 1 heterocycles. The zero-order valence-corrected chi connectivity index (χ0v) is 12.3. The summed E-state index contributed by atoms with van der Waals surface area (Å²) in [6.45, 7) is -0.130. The minimum Gasteiger partial charge on any atom is -0.396 e. The van der Waals surface area contributed by atoms with Crippen LogP contribution in [-0.4, -0.2) is 25.4 Å². The van der Waals surface area contributed by atoms with E-state index in [0.29, 0.717) is 17.8 Å². The Bertz CT molecular complexity index is 728. The summed E-state index contributed by atoms with van der Waals surface area (Å²) in [6, 6.07) is 16.6. The molecule has 21 heavy (non-hydrogen) atoms. The van der Waals surface area contributed by atoms with Gasteiger partial charge in [0.05, 0.1) is 16.6 Å². The Morgan fingerprint density at radius 1 is 1.05 bits per heavy atom. The molecule has 2 aromatic rings. The molecule has 110 valence electrons. The second-order valence-electron chi connectivity index (χ2n) is 5.11. The van der Waals surface area contributed by atoms with Crippen LogP contribution < -0.4 is 4.31 Å². The van der Waals surface area contributed by atoms with Gasteiger partial charge in [0.25, 0.3) is 0 Å². The summed E-state index contributed by atoms with van der Waals surface area (Å²) < 4.78 is 27.2. The predicted molar refractivity (Wildman–Crippen MR) is 83.1 cm³/mol. The number of fused-ring (bicyclic) bond motifs is 1. The standard InChI is InChI=1S/C16H17NO3S/c18-11-10-15-12-13-6-4-5-9-16(13)17(21(15,19)20)14-7-2-1-3-8-14/h1-9,15,18H,10-12H2. The van der Waals surface area contributed by atoms with Crippen molar-refractivity contribution < 1.29 is 13.5 Å². The monoisotopic (exact) mass is 303 g/mol. The number of sulfonamides is 1. The quantitative estimate of drug-likeness (QED) is 0.947. The fraction of sp³-hybridized carbons (Fsp3) is 0.250. The molecule has 0 saturated heterocycles. The van der Waals surface area contributed by atoms with E-state index in [1.54, 1.807) is 12.1 Å². The first-order valence-corrected chi connectivity index (χ1v) is 8.43. The minimum atomic E-state index is -3.52. The van der Waals surface area contributed by atoms with Crippen LogP contribution in [0.1, 0.15) is 12.0 Å². The van der Waals surface area contributed by atoms with Crippen molar-refractivity contribution in [2.45, 2.75) is 18.1 Å². The Hall–Kier alpha value is -1.85. The molecule has 0 spiro atoms. The smallest absolute Gasteiger partial charge is 0.242 e. The zero-order valence-electron chi connectivity index (χ0n) is 11.5. The maximum Gasteiger partial charge on any atom is 0.242 e. The van der Waals surface area contributed by atoms with Crippen molar-refractivity contribution in [3.63, 3.8) is 0 Å². The molecule has 0 aliphatic carbocycles. The lowest BCUT2D eigenvalue weighted by Gasteiger charge is -2.35. The van der Waals surface area contributed by atoms with Gasteiger partial charge in [0.2, 0.25) is 10.0 Å². The Balaban J connectivity index is 2.19. The molecule has 3 rings (SSSR count). The lowest BCUT2D eigenvalue weighted by atomic mass is 10.0. The van der Waals surface area contributed by atoms with Gasteiger partial charge >= 0.3 is 0 Å². The normalized spacial score (nSPS) is 20.0. The van der Waals surface area contributed by atoms with E-state index in [2.05, 4.69) is 0 Å². The number of rotatable bonds is 3. The van der Waals surface area contributed by atoms with Crippen LogP contribution in [0, 0.1) is 0 Å². The Morgan fingerprint density at radius 2 is 1.71 bits per heavy atom. The van der Waals surface area contributed by atoms with Gasteiger partial charge < -0.3 is 5.11 Å². The summed E-state index contributed by atoms with van der Waals surface area (Å²) in [5, 5.41) is 8.59. The number of para-hydroxylation sites is 2. The molecule has 1 N–H and O–H groups in total. The SMILES string of the molecule is O=S1(=O)C(CCO)Cc2ccccc2N1c1ccccc1. The molecule has 0 bridgehead atoms. The fourth-order valence-electron chi connectivity index (χ4n) is 2.76. The largest absolute Gasteiger partial charge is 0.396 e. The maximum absolute atomic E-state index is 12.9. The highest BCUT2D eigenvalue weighted by Crippen LogP contribution is 2.39. The summed E-state index contributed by atoms with van der Waals surface area (Å²) in [5.41, 5.74) is 2.33. The number of benzene rings is 2. The second-order valence-corrected chi connectivity index (χ2v) is 7.17. The third-order valence-corrected chi connectivity index (χ3v) is 5.94. The Kier molecular flexibility index (Phi) is 3.69. The van der Waals surface area contributed by atoms with Crippen molar-refractivity contribution in [3.8, 4) is 0 Å². The van der Waals surface area contributed by atoms with E-state index in [0.717, 1.165) is 5.56 Å². The van der Waals surface area contributed by atoms with E-state index in [1.807, 2.05) is 42.5 Å². The van der Waals surface area contributed by atoms with Crippen molar-refractivity contribution in [2.24, 2.45) is 0 Å². The highest BCUT2D eigenvalue weighted by atomic mass is 32.2. The molecule has 5 heteroatoms. The molecule has 0 radical (unpaired) electrons. The van der Waals surface area contributed by atoms with Crippen molar-refractivity contribution in [1.29, 1.82) is 0 Å². The van der Waals surface area contributed by atoms with E-state index in [4.69, 9.17) is 0 Å². The van der Waals surface area contributed by atoms with Crippen LogP contribution in [0.4, 0.5) is 11.4 Å². The molecule has 1 unspecified atom stereocenters. The summed E-state index contributed by atoms with van der Waals surface area (Å²) in [4.78, 5) is 0. The maximum atomic E-state index is 12.9. The number of anilines is 2. The summed E-state index contributed by atoms with van der Waals surface area (Å²) >= 11 is 0. The lowest BCUT2D eigenvalue weighted by Crippen LogP contribution is -2.41. The Labute approximate surface area is 124 Å². The summed E-state index contributed by atoms with van der Waals surface area (Å²) in [6.07, 6.45) is 0.697. The topological polar surface area (TPSA) is 57.6 Å². The van der Waals surface area contributed by atoms with Crippen LogP contribution in [-0.2, 0) is 16.4 Å². The molecule has 0 aromatic heterocycles.